The van der Waals surface area contributed by atoms with E-state index in [0.717, 1.165) is 5.13 Å². The molecule has 2 rings (SSSR count). The van der Waals surface area contributed by atoms with Gasteiger partial charge in [-0.3, -0.25) is 0 Å². The molecule has 0 amide bonds. The zero-order chi connectivity index (χ0) is 15.2. The summed E-state index contributed by atoms with van der Waals surface area (Å²) in [7, 11) is 0. The van der Waals surface area contributed by atoms with E-state index in [0.29, 0.717) is 29.6 Å². The fourth-order valence-corrected chi connectivity index (χ4v) is 2.60. The number of hydrogen-bond acceptors (Lipinski definition) is 5. The Morgan fingerprint density at radius 2 is 2.05 bits per heavy atom. The fraction of sp³-hybridized carbons (Fsp3) is 0.375. The third kappa shape index (κ3) is 4.56. The maximum atomic E-state index is 12.0. The van der Waals surface area contributed by atoms with Crippen molar-refractivity contribution in [1.29, 1.82) is 0 Å². The number of hydrogen-bond donors (Lipinski definition) is 1. The first-order valence-corrected chi connectivity index (χ1v) is 7.80. The Hall–Kier alpha value is -1.88. The molecule has 0 aliphatic heterocycles. The van der Waals surface area contributed by atoms with Crippen molar-refractivity contribution in [2.75, 3.05) is 11.9 Å². The number of nitrogens with one attached hydrogen (secondary N) is 1. The van der Waals surface area contributed by atoms with Crippen LogP contribution in [0.4, 0.5) is 5.13 Å². The van der Waals surface area contributed by atoms with E-state index in [9.17, 15) is 4.79 Å². The second-order valence-electron chi connectivity index (χ2n) is 5.27. The summed E-state index contributed by atoms with van der Waals surface area (Å²) in [5.74, 6) is 0.0457. The highest BCUT2D eigenvalue weighted by atomic mass is 32.1. The number of anilines is 1. The number of carbonyl (C=O) groups is 1. The van der Waals surface area contributed by atoms with Gasteiger partial charge in [-0.15, -0.1) is 0 Å². The SMILES string of the molecule is Cc1nc(NCc2ccccc2)sc1C(=O)OCC(C)C. The van der Waals surface area contributed by atoms with Gasteiger partial charge in [0.25, 0.3) is 0 Å². The number of aryl methyl sites for hydroxylation is 1. The van der Waals surface area contributed by atoms with Gasteiger partial charge in [-0.25, -0.2) is 9.78 Å². The van der Waals surface area contributed by atoms with Gasteiger partial charge in [-0.1, -0.05) is 55.5 Å². The molecule has 21 heavy (non-hydrogen) atoms. The van der Waals surface area contributed by atoms with Crippen LogP contribution in [0.5, 0.6) is 0 Å². The lowest BCUT2D eigenvalue weighted by atomic mass is 10.2. The van der Waals surface area contributed by atoms with Crippen LogP contribution < -0.4 is 5.32 Å². The number of aromatic nitrogens is 1. The molecule has 0 saturated heterocycles. The van der Waals surface area contributed by atoms with Crippen LogP contribution >= 0.6 is 11.3 Å². The minimum atomic E-state index is -0.286. The van der Waals surface area contributed by atoms with Gasteiger partial charge in [0.15, 0.2) is 5.13 Å². The van der Waals surface area contributed by atoms with Crippen LogP contribution in [0.2, 0.25) is 0 Å². The summed E-state index contributed by atoms with van der Waals surface area (Å²) in [5, 5.41) is 3.98. The van der Waals surface area contributed by atoms with Gasteiger partial charge in [0, 0.05) is 6.54 Å². The minimum Gasteiger partial charge on any atom is -0.461 e. The number of thiazole rings is 1. The van der Waals surface area contributed by atoms with E-state index in [1.54, 1.807) is 0 Å². The first-order valence-electron chi connectivity index (χ1n) is 6.98. The number of esters is 1. The number of rotatable bonds is 6. The van der Waals surface area contributed by atoms with Gasteiger partial charge >= 0.3 is 5.97 Å². The van der Waals surface area contributed by atoms with E-state index in [1.165, 1.54) is 16.9 Å². The molecule has 0 saturated carbocycles. The van der Waals surface area contributed by atoms with E-state index in [4.69, 9.17) is 4.74 Å². The molecule has 1 heterocycles. The molecule has 0 aliphatic rings. The number of benzene rings is 1. The molecule has 1 aromatic carbocycles. The van der Waals surface area contributed by atoms with Gasteiger partial charge < -0.3 is 10.1 Å². The molecule has 0 fully saturated rings. The monoisotopic (exact) mass is 304 g/mol. The van der Waals surface area contributed by atoms with Crippen LogP contribution in [0.25, 0.3) is 0 Å². The van der Waals surface area contributed by atoms with Crippen molar-refractivity contribution in [3.63, 3.8) is 0 Å². The summed E-state index contributed by atoms with van der Waals surface area (Å²) in [6, 6.07) is 10.1. The van der Waals surface area contributed by atoms with Crippen LogP contribution in [0.1, 0.15) is 34.8 Å². The molecule has 2 aromatic rings. The molecule has 5 heteroatoms. The molecular formula is C16H20N2O2S. The lowest BCUT2D eigenvalue weighted by Crippen LogP contribution is -2.09. The lowest BCUT2D eigenvalue weighted by molar-refractivity contribution is 0.0463. The van der Waals surface area contributed by atoms with Crippen molar-refractivity contribution >= 4 is 22.4 Å². The van der Waals surface area contributed by atoms with Crippen LogP contribution in [0.3, 0.4) is 0 Å². The highest BCUT2D eigenvalue weighted by Crippen LogP contribution is 2.24. The second-order valence-corrected chi connectivity index (χ2v) is 6.26. The molecule has 0 aliphatic carbocycles. The van der Waals surface area contributed by atoms with Crippen LogP contribution in [-0.4, -0.2) is 17.6 Å². The first kappa shape index (κ1) is 15.5. The molecule has 112 valence electrons. The molecule has 0 bridgehead atoms. The Morgan fingerprint density at radius 1 is 1.33 bits per heavy atom. The topological polar surface area (TPSA) is 51.2 Å². The van der Waals surface area contributed by atoms with Gasteiger partial charge in [-0.05, 0) is 18.4 Å². The second kappa shape index (κ2) is 7.22. The Morgan fingerprint density at radius 3 is 2.71 bits per heavy atom. The van der Waals surface area contributed by atoms with Gasteiger partial charge in [0.2, 0.25) is 0 Å². The third-order valence-electron chi connectivity index (χ3n) is 2.82. The predicted molar refractivity (Wildman–Crippen MR) is 85.7 cm³/mol. The van der Waals surface area contributed by atoms with Crippen molar-refractivity contribution in [3.05, 3.63) is 46.5 Å². The zero-order valence-corrected chi connectivity index (χ0v) is 13.4. The van der Waals surface area contributed by atoms with E-state index < -0.39 is 0 Å². The Kier molecular flexibility index (Phi) is 5.33. The average Bonchev–Trinajstić information content (AvgIpc) is 2.85. The van der Waals surface area contributed by atoms with Crippen LogP contribution in [0.15, 0.2) is 30.3 Å². The minimum absolute atomic E-state index is 0.286. The Labute approximate surface area is 129 Å². The first-order chi connectivity index (χ1) is 10.1. The molecule has 0 radical (unpaired) electrons. The highest BCUT2D eigenvalue weighted by molar-refractivity contribution is 7.17. The predicted octanol–water partition coefficient (Wildman–Crippen LogP) is 3.88. The van der Waals surface area contributed by atoms with Crippen LogP contribution in [0, 0.1) is 12.8 Å². The maximum Gasteiger partial charge on any atom is 0.350 e. The summed E-state index contributed by atoms with van der Waals surface area (Å²) < 4.78 is 5.25. The standard InChI is InChI=1S/C16H20N2O2S/c1-11(2)10-20-15(19)14-12(3)18-16(21-14)17-9-13-7-5-4-6-8-13/h4-8,11H,9-10H2,1-3H3,(H,17,18). The van der Waals surface area contributed by atoms with Gasteiger partial charge in [0.1, 0.15) is 4.88 Å². The van der Waals surface area contributed by atoms with E-state index in [1.807, 2.05) is 51.1 Å². The van der Waals surface area contributed by atoms with Gasteiger partial charge in [0.05, 0.1) is 12.3 Å². The Balaban J connectivity index is 1.97. The molecule has 1 N–H and O–H groups in total. The van der Waals surface area contributed by atoms with Gasteiger partial charge in [-0.2, -0.15) is 0 Å². The summed E-state index contributed by atoms with van der Waals surface area (Å²) >= 11 is 1.34. The molecule has 0 spiro atoms. The molecular weight excluding hydrogens is 284 g/mol. The van der Waals surface area contributed by atoms with Crippen molar-refractivity contribution < 1.29 is 9.53 Å². The quantitative estimate of drug-likeness (QED) is 0.823. The summed E-state index contributed by atoms with van der Waals surface area (Å²) in [6.45, 7) is 6.98. The largest absolute Gasteiger partial charge is 0.461 e. The normalized spacial score (nSPS) is 10.7. The molecule has 1 aromatic heterocycles. The molecule has 0 atom stereocenters. The van der Waals surface area contributed by atoms with Crippen molar-refractivity contribution in [3.8, 4) is 0 Å². The Bertz CT molecular complexity index is 594. The van der Waals surface area contributed by atoms with E-state index in [-0.39, 0.29) is 5.97 Å². The summed E-state index contributed by atoms with van der Waals surface area (Å²) in [6.07, 6.45) is 0. The maximum absolute atomic E-state index is 12.0. The zero-order valence-electron chi connectivity index (χ0n) is 12.6. The van der Waals surface area contributed by atoms with E-state index in [2.05, 4.69) is 10.3 Å². The lowest BCUT2D eigenvalue weighted by Gasteiger charge is -2.05. The van der Waals surface area contributed by atoms with Crippen molar-refractivity contribution in [1.82, 2.24) is 4.98 Å². The number of carbonyl (C=O) groups excluding carboxylic acids is 1. The summed E-state index contributed by atoms with van der Waals surface area (Å²) in [4.78, 5) is 16.9. The van der Waals surface area contributed by atoms with Crippen molar-refractivity contribution in [2.45, 2.75) is 27.3 Å². The molecule has 0 unspecified atom stereocenters. The molecule has 4 nitrogen and oxygen atoms in total. The highest BCUT2D eigenvalue weighted by Gasteiger charge is 2.17. The number of nitrogens with zero attached hydrogens (tertiary/aromatic N) is 1. The fourth-order valence-electron chi connectivity index (χ4n) is 1.74. The summed E-state index contributed by atoms with van der Waals surface area (Å²) in [5.41, 5.74) is 1.89. The van der Waals surface area contributed by atoms with Crippen molar-refractivity contribution in [2.24, 2.45) is 5.92 Å². The number of ether oxygens (including phenoxy) is 1. The smallest absolute Gasteiger partial charge is 0.350 e. The average molecular weight is 304 g/mol. The van der Waals surface area contributed by atoms with E-state index >= 15 is 0 Å². The third-order valence-corrected chi connectivity index (χ3v) is 3.91. The van der Waals surface area contributed by atoms with Crippen LogP contribution in [-0.2, 0) is 11.3 Å².